The summed E-state index contributed by atoms with van der Waals surface area (Å²) in [5.41, 5.74) is 10.4. The Morgan fingerprint density at radius 3 is 2.62 bits per heavy atom. The smallest absolute Gasteiger partial charge is 0.235 e. The molecule has 0 heterocycles. The number of hydrogen-bond acceptors (Lipinski definition) is 3. The van der Waals surface area contributed by atoms with E-state index in [-0.39, 0.29) is 0 Å². The number of carbonyl (C=O) groups is 1. The maximum absolute atomic E-state index is 10.5. The van der Waals surface area contributed by atoms with Gasteiger partial charge in [-0.3, -0.25) is 4.79 Å². The van der Waals surface area contributed by atoms with Crippen molar-refractivity contribution in [3.05, 3.63) is 0 Å². The molecule has 4 heteroatoms. The van der Waals surface area contributed by atoms with Gasteiger partial charge in [-0.05, 0) is 13.0 Å². The summed E-state index contributed by atoms with van der Waals surface area (Å²) in [5.74, 6) is -0.443. The second-order valence-corrected chi connectivity index (χ2v) is 3.27. The molecule has 0 aromatic rings. The van der Waals surface area contributed by atoms with Crippen LogP contribution in [-0.2, 0) is 4.79 Å². The first-order valence-electron chi connectivity index (χ1n) is 4.94. The molecule has 0 aliphatic carbocycles. The predicted octanol–water partition coefficient (Wildman–Crippen LogP) is -0.0311. The molecule has 1 unspecified atom stereocenters. The molecule has 0 rings (SSSR count). The molecular formula is C9H21N3O. The van der Waals surface area contributed by atoms with Gasteiger partial charge in [0.05, 0.1) is 6.04 Å². The number of nitrogens with two attached hydrogens (primary N) is 2. The number of hydrogen-bond donors (Lipinski definition) is 3. The summed E-state index contributed by atoms with van der Waals surface area (Å²) in [7, 11) is 0. The zero-order valence-corrected chi connectivity index (χ0v) is 8.38. The molecule has 0 saturated heterocycles. The molecule has 0 aliphatic heterocycles. The van der Waals surface area contributed by atoms with Crippen LogP contribution in [0.25, 0.3) is 0 Å². The van der Waals surface area contributed by atoms with Gasteiger partial charge in [0.2, 0.25) is 5.91 Å². The van der Waals surface area contributed by atoms with Crippen molar-refractivity contribution in [3.63, 3.8) is 0 Å². The average Bonchev–Trinajstić information content (AvgIpc) is 2.10. The van der Waals surface area contributed by atoms with Gasteiger partial charge in [-0.15, -0.1) is 0 Å². The molecule has 0 aromatic carbocycles. The molecule has 0 bridgehead atoms. The van der Waals surface area contributed by atoms with Gasteiger partial charge >= 0.3 is 0 Å². The molecule has 0 spiro atoms. The molecule has 0 fully saturated rings. The zero-order chi connectivity index (χ0) is 10.1. The van der Waals surface area contributed by atoms with Gasteiger partial charge in [0.15, 0.2) is 0 Å². The van der Waals surface area contributed by atoms with E-state index in [9.17, 15) is 4.79 Å². The van der Waals surface area contributed by atoms with Crippen LogP contribution in [0.15, 0.2) is 0 Å². The lowest BCUT2D eigenvalue weighted by molar-refractivity contribution is -0.119. The van der Waals surface area contributed by atoms with E-state index in [4.69, 9.17) is 11.5 Å². The fourth-order valence-electron chi connectivity index (χ4n) is 1.03. The SMILES string of the molecule is CCCCCCNCC(N)C(N)=O. The first kappa shape index (κ1) is 12.4. The van der Waals surface area contributed by atoms with Crippen LogP contribution < -0.4 is 16.8 Å². The highest BCUT2D eigenvalue weighted by Gasteiger charge is 2.06. The zero-order valence-electron chi connectivity index (χ0n) is 8.38. The van der Waals surface area contributed by atoms with Crippen LogP contribution in [0.1, 0.15) is 32.6 Å². The van der Waals surface area contributed by atoms with Gasteiger partial charge in [0.1, 0.15) is 0 Å². The highest BCUT2D eigenvalue weighted by molar-refractivity contribution is 5.79. The van der Waals surface area contributed by atoms with Crippen LogP contribution in [0, 0.1) is 0 Å². The van der Waals surface area contributed by atoms with E-state index in [1.165, 1.54) is 19.3 Å². The Bertz CT molecular complexity index is 139. The standard InChI is InChI=1S/C9H21N3O/c1-2-3-4-5-6-12-7-8(10)9(11)13/h8,12H,2-7,10H2,1H3,(H2,11,13). The van der Waals surface area contributed by atoms with Gasteiger partial charge in [-0.25, -0.2) is 0 Å². The van der Waals surface area contributed by atoms with Crippen LogP contribution in [0.5, 0.6) is 0 Å². The van der Waals surface area contributed by atoms with Gasteiger partial charge in [0, 0.05) is 6.54 Å². The second-order valence-electron chi connectivity index (χ2n) is 3.27. The normalized spacial score (nSPS) is 12.8. The number of amides is 1. The van der Waals surface area contributed by atoms with Crippen LogP contribution >= 0.6 is 0 Å². The summed E-state index contributed by atoms with van der Waals surface area (Å²) in [6.45, 7) is 3.58. The Balaban J connectivity index is 3.11. The van der Waals surface area contributed by atoms with Gasteiger partial charge in [-0.2, -0.15) is 0 Å². The lowest BCUT2D eigenvalue weighted by Crippen LogP contribution is -2.44. The fourth-order valence-corrected chi connectivity index (χ4v) is 1.03. The van der Waals surface area contributed by atoms with Crippen LogP contribution in [0.4, 0.5) is 0 Å². The second kappa shape index (κ2) is 8.01. The number of unbranched alkanes of at least 4 members (excludes halogenated alkanes) is 3. The molecule has 1 amide bonds. The molecule has 1 atom stereocenters. The van der Waals surface area contributed by atoms with Gasteiger partial charge in [-0.1, -0.05) is 26.2 Å². The van der Waals surface area contributed by atoms with E-state index in [2.05, 4.69) is 12.2 Å². The number of carbonyl (C=O) groups excluding carboxylic acids is 1. The molecule has 0 aromatic heterocycles. The molecule has 5 N–H and O–H groups in total. The van der Waals surface area contributed by atoms with Crippen molar-refractivity contribution < 1.29 is 4.79 Å². The van der Waals surface area contributed by atoms with Crippen LogP contribution in [-0.4, -0.2) is 25.0 Å². The molecule has 0 radical (unpaired) electrons. The van der Waals surface area contributed by atoms with Crippen molar-refractivity contribution in [3.8, 4) is 0 Å². The third kappa shape index (κ3) is 7.74. The topological polar surface area (TPSA) is 81.1 Å². The van der Waals surface area contributed by atoms with E-state index in [0.717, 1.165) is 13.0 Å². The lowest BCUT2D eigenvalue weighted by atomic mass is 10.2. The quantitative estimate of drug-likeness (QED) is 0.467. The number of primary amides is 1. The van der Waals surface area contributed by atoms with Crippen LogP contribution in [0.3, 0.4) is 0 Å². The Kier molecular flexibility index (Phi) is 7.63. The Morgan fingerprint density at radius 1 is 1.38 bits per heavy atom. The minimum absolute atomic E-state index is 0.443. The predicted molar refractivity (Wildman–Crippen MR) is 54.2 cm³/mol. The first-order valence-corrected chi connectivity index (χ1v) is 4.94. The summed E-state index contributed by atoms with van der Waals surface area (Å²) in [6.07, 6.45) is 4.87. The summed E-state index contributed by atoms with van der Waals surface area (Å²) >= 11 is 0. The van der Waals surface area contributed by atoms with Crippen molar-refractivity contribution in [2.24, 2.45) is 11.5 Å². The molecular weight excluding hydrogens is 166 g/mol. The largest absolute Gasteiger partial charge is 0.368 e. The lowest BCUT2D eigenvalue weighted by Gasteiger charge is -2.08. The van der Waals surface area contributed by atoms with Crippen molar-refractivity contribution in [1.82, 2.24) is 5.32 Å². The highest BCUT2D eigenvalue weighted by Crippen LogP contribution is 1.96. The summed E-state index contributed by atoms with van der Waals surface area (Å²) < 4.78 is 0. The molecule has 0 saturated carbocycles. The molecule has 13 heavy (non-hydrogen) atoms. The van der Waals surface area contributed by atoms with Gasteiger partial charge < -0.3 is 16.8 Å². The summed E-state index contributed by atoms with van der Waals surface area (Å²) in [5, 5.41) is 3.10. The fraction of sp³-hybridized carbons (Fsp3) is 0.889. The van der Waals surface area contributed by atoms with Crippen molar-refractivity contribution in [1.29, 1.82) is 0 Å². The Labute approximate surface area is 80.0 Å². The first-order chi connectivity index (χ1) is 6.18. The van der Waals surface area contributed by atoms with Crippen molar-refractivity contribution >= 4 is 5.91 Å². The molecule has 0 aliphatic rings. The van der Waals surface area contributed by atoms with Crippen molar-refractivity contribution in [2.45, 2.75) is 38.6 Å². The van der Waals surface area contributed by atoms with Crippen LogP contribution in [0.2, 0.25) is 0 Å². The Morgan fingerprint density at radius 2 is 2.08 bits per heavy atom. The molecule has 4 nitrogen and oxygen atoms in total. The third-order valence-corrected chi connectivity index (χ3v) is 1.94. The maximum atomic E-state index is 10.5. The average molecular weight is 187 g/mol. The minimum Gasteiger partial charge on any atom is -0.368 e. The van der Waals surface area contributed by atoms with E-state index in [1.54, 1.807) is 0 Å². The van der Waals surface area contributed by atoms with E-state index >= 15 is 0 Å². The van der Waals surface area contributed by atoms with E-state index < -0.39 is 11.9 Å². The monoisotopic (exact) mass is 187 g/mol. The number of nitrogens with one attached hydrogen (secondary N) is 1. The van der Waals surface area contributed by atoms with Gasteiger partial charge in [0.25, 0.3) is 0 Å². The Hall–Kier alpha value is -0.610. The third-order valence-electron chi connectivity index (χ3n) is 1.94. The highest BCUT2D eigenvalue weighted by atomic mass is 16.1. The summed E-state index contributed by atoms with van der Waals surface area (Å²) in [6, 6.07) is -0.550. The van der Waals surface area contributed by atoms with E-state index in [0.29, 0.717) is 6.54 Å². The van der Waals surface area contributed by atoms with Crippen molar-refractivity contribution in [2.75, 3.05) is 13.1 Å². The van der Waals surface area contributed by atoms with E-state index in [1.807, 2.05) is 0 Å². The minimum atomic E-state index is -0.550. The number of rotatable bonds is 8. The summed E-state index contributed by atoms with van der Waals surface area (Å²) in [4.78, 5) is 10.5. The molecule has 78 valence electrons. The maximum Gasteiger partial charge on any atom is 0.235 e.